The van der Waals surface area contributed by atoms with Gasteiger partial charge in [-0.05, 0) is 29.5 Å². The van der Waals surface area contributed by atoms with E-state index in [2.05, 4.69) is 10.6 Å². The highest BCUT2D eigenvalue weighted by molar-refractivity contribution is 6.39. The van der Waals surface area contributed by atoms with Crippen LogP contribution in [0.1, 0.15) is 33.3 Å². The Kier molecular flexibility index (Phi) is 5.90. The van der Waals surface area contributed by atoms with Crippen LogP contribution in [0.4, 0.5) is 5.69 Å². The Balaban J connectivity index is 2.49. The third kappa shape index (κ3) is 5.55. The number of hydrogen-bond donors (Lipinski definition) is 3. The lowest BCUT2D eigenvalue weighted by Crippen LogP contribution is -2.43. The van der Waals surface area contributed by atoms with Crippen molar-refractivity contribution in [2.24, 2.45) is 5.41 Å². The summed E-state index contributed by atoms with van der Waals surface area (Å²) < 4.78 is 0. The molecule has 3 N–H and O–H groups in total. The molecule has 0 saturated heterocycles. The summed E-state index contributed by atoms with van der Waals surface area (Å²) in [5.74, 6) is -1.49. The fraction of sp³-hybridized carbons (Fsp3) is 0.500. The smallest absolute Gasteiger partial charge is 0.313 e. The SMILES string of the molecule is CCc1ccc(NC(=O)C(=O)NCC(O)C(C)(C)C)cc1. The van der Waals surface area contributed by atoms with Crippen molar-refractivity contribution >= 4 is 17.5 Å². The number of hydrogen-bond acceptors (Lipinski definition) is 3. The summed E-state index contributed by atoms with van der Waals surface area (Å²) in [6, 6.07) is 7.32. The topological polar surface area (TPSA) is 78.4 Å². The minimum absolute atomic E-state index is 0.0462. The number of rotatable bonds is 4. The van der Waals surface area contributed by atoms with E-state index in [0.29, 0.717) is 5.69 Å². The summed E-state index contributed by atoms with van der Waals surface area (Å²) >= 11 is 0. The van der Waals surface area contributed by atoms with Gasteiger partial charge in [-0.15, -0.1) is 0 Å². The van der Waals surface area contributed by atoms with Crippen molar-refractivity contribution in [3.05, 3.63) is 29.8 Å². The number of anilines is 1. The van der Waals surface area contributed by atoms with E-state index in [0.717, 1.165) is 12.0 Å². The van der Waals surface area contributed by atoms with Gasteiger partial charge in [0.05, 0.1) is 6.10 Å². The molecule has 1 atom stereocenters. The maximum Gasteiger partial charge on any atom is 0.313 e. The molecule has 0 aliphatic rings. The van der Waals surface area contributed by atoms with Crippen LogP contribution in [0.2, 0.25) is 0 Å². The molecular weight excluding hydrogens is 268 g/mol. The Morgan fingerprint density at radius 2 is 1.71 bits per heavy atom. The second-order valence-corrected chi connectivity index (χ2v) is 6.10. The predicted molar refractivity (Wildman–Crippen MR) is 82.9 cm³/mol. The molecular formula is C16H24N2O3. The van der Waals surface area contributed by atoms with Crippen molar-refractivity contribution in [2.75, 3.05) is 11.9 Å². The molecule has 0 aliphatic carbocycles. The lowest BCUT2D eigenvalue weighted by atomic mass is 9.89. The fourth-order valence-corrected chi connectivity index (χ4v) is 1.59. The first-order valence-electron chi connectivity index (χ1n) is 7.10. The number of aliphatic hydroxyl groups is 1. The molecule has 0 aromatic heterocycles. The molecule has 2 amide bonds. The third-order valence-corrected chi connectivity index (χ3v) is 3.28. The molecule has 0 aliphatic heterocycles. The van der Waals surface area contributed by atoms with Crippen molar-refractivity contribution in [1.29, 1.82) is 0 Å². The second kappa shape index (κ2) is 7.22. The van der Waals surface area contributed by atoms with Gasteiger partial charge >= 0.3 is 11.8 Å². The molecule has 0 radical (unpaired) electrons. The molecule has 0 heterocycles. The minimum atomic E-state index is -0.752. The number of aryl methyl sites for hydroxylation is 1. The summed E-state index contributed by atoms with van der Waals surface area (Å²) in [7, 11) is 0. The zero-order valence-electron chi connectivity index (χ0n) is 13.1. The second-order valence-electron chi connectivity index (χ2n) is 6.10. The first-order chi connectivity index (χ1) is 9.74. The number of benzene rings is 1. The minimum Gasteiger partial charge on any atom is -0.391 e. The molecule has 5 heteroatoms. The van der Waals surface area contributed by atoms with Gasteiger partial charge in [0.25, 0.3) is 0 Å². The fourth-order valence-electron chi connectivity index (χ4n) is 1.59. The van der Waals surface area contributed by atoms with Gasteiger partial charge in [0.2, 0.25) is 0 Å². The zero-order valence-corrected chi connectivity index (χ0v) is 13.1. The number of aliphatic hydroxyl groups excluding tert-OH is 1. The van der Waals surface area contributed by atoms with E-state index in [1.807, 2.05) is 39.8 Å². The normalized spacial score (nSPS) is 12.6. The zero-order chi connectivity index (χ0) is 16.0. The first kappa shape index (κ1) is 17.2. The third-order valence-electron chi connectivity index (χ3n) is 3.28. The van der Waals surface area contributed by atoms with Gasteiger partial charge in [0.1, 0.15) is 0 Å². The maximum atomic E-state index is 11.7. The number of carbonyl (C=O) groups excluding carboxylic acids is 2. The van der Waals surface area contributed by atoms with Gasteiger partial charge in [0.15, 0.2) is 0 Å². The molecule has 0 spiro atoms. The molecule has 0 bridgehead atoms. The molecule has 21 heavy (non-hydrogen) atoms. The number of carbonyl (C=O) groups is 2. The molecule has 1 rings (SSSR count). The van der Waals surface area contributed by atoms with E-state index in [1.165, 1.54) is 0 Å². The Hall–Kier alpha value is -1.88. The summed E-state index contributed by atoms with van der Waals surface area (Å²) in [6.07, 6.45) is 0.206. The molecule has 1 unspecified atom stereocenters. The Labute approximate surface area is 125 Å². The van der Waals surface area contributed by atoms with E-state index in [9.17, 15) is 14.7 Å². The van der Waals surface area contributed by atoms with Gasteiger partial charge < -0.3 is 15.7 Å². The molecule has 116 valence electrons. The van der Waals surface area contributed by atoms with Crippen LogP contribution in [0, 0.1) is 5.41 Å². The Bertz CT molecular complexity index is 489. The van der Waals surface area contributed by atoms with Crippen molar-refractivity contribution in [1.82, 2.24) is 5.32 Å². The summed E-state index contributed by atoms with van der Waals surface area (Å²) in [5.41, 5.74) is 1.38. The van der Waals surface area contributed by atoms with Gasteiger partial charge in [-0.2, -0.15) is 0 Å². The van der Waals surface area contributed by atoms with Crippen LogP contribution in [0.15, 0.2) is 24.3 Å². The monoisotopic (exact) mass is 292 g/mol. The van der Waals surface area contributed by atoms with Gasteiger partial charge in [0, 0.05) is 12.2 Å². The van der Waals surface area contributed by atoms with Gasteiger partial charge in [-0.1, -0.05) is 39.8 Å². The number of nitrogens with one attached hydrogen (secondary N) is 2. The summed E-state index contributed by atoms with van der Waals surface area (Å²) in [5, 5.41) is 14.8. The van der Waals surface area contributed by atoms with Crippen molar-refractivity contribution in [2.45, 2.75) is 40.2 Å². The van der Waals surface area contributed by atoms with Crippen LogP contribution in [-0.2, 0) is 16.0 Å². The highest BCUT2D eigenvalue weighted by Gasteiger charge is 2.23. The molecule has 0 saturated carbocycles. The van der Waals surface area contributed by atoms with Gasteiger partial charge in [-0.25, -0.2) is 0 Å². The first-order valence-corrected chi connectivity index (χ1v) is 7.10. The van der Waals surface area contributed by atoms with Crippen LogP contribution in [-0.4, -0.2) is 29.6 Å². The molecule has 1 aromatic carbocycles. The predicted octanol–water partition coefficient (Wildman–Crippen LogP) is 1.71. The highest BCUT2D eigenvalue weighted by Crippen LogP contribution is 2.18. The van der Waals surface area contributed by atoms with Crippen molar-refractivity contribution in [3.63, 3.8) is 0 Å². The average molecular weight is 292 g/mol. The largest absolute Gasteiger partial charge is 0.391 e. The van der Waals surface area contributed by atoms with E-state index >= 15 is 0 Å². The van der Waals surface area contributed by atoms with E-state index in [-0.39, 0.29) is 12.0 Å². The summed E-state index contributed by atoms with van der Waals surface area (Å²) in [4.78, 5) is 23.4. The molecule has 0 fully saturated rings. The van der Waals surface area contributed by atoms with E-state index < -0.39 is 17.9 Å². The molecule has 5 nitrogen and oxygen atoms in total. The van der Waals surface area contributed by atoms with Crippen LogP contribution >= 0.6 is 0 Å². The Morgan fingerprint density at radius 3 is 2.19 bits per heavy atom. The Morgan fingerprint density at radius 1 is 1.14 bits per heavy atom. The van der Waals surface area contributed by atoms with Crippen molar-refractivity contribution in [3.8, 4) is 0 Å². The average Bonchev–Trinajstić information content (AvgIpc) is 2.44. The van der Waals surface area contributed by atoms with Crippen LogP contribution in [0.5, 0.6) is 0 Å². The van der Waals surface area contributed by atoms with E-state index in [4.69, 9.17) is 0 Å². The van der Waals surface area contributed by atoms with Crippen LogP contribution in [0.3, 0.4) is 0 Å². The van der Waals surface area contributed by atoms with Crippen molar-refractivity contribution < 1.29 is 14.7 Å². The maximum absolute atomic E-state index is 11.7. The quantitative estimate of drug-likeness (QED) is 0.739. The molecule has 1 aromatic rings. The van der Waals surface area contributed by atoms with Gasteiger partial charge in [-0.3, -0.25) is 9.59 Å². The summed E-state index contributed by atoms with van der Waals surface area (Å²) in [6.45, 7) is 7.67. The van der Waals surface area contributed by atoms with E-state index in [1.54, 1.807) is 12.1 Å². The number of amides is 2. The lowest BCUT2D eigenvalue weighted by Gasteiger charge is -2.25. The standard InChI is InChI=1S/C16H24N2O3/c1-5-11-6-8-12(9-7-11)18-15(21)14(20)17-10-13(19)16(2,3)4/h6-9,13,19H,5,10H2,1-4H3,(H,17,20)(H,18,21). The highest BCUT2D eigenvalue weighted by atomic mass is 16.3. The van der Waals surface area contributed by atoms with Crippen LogP contribution < -0.4 is 10.6 Å². The lowest BCUT2D eigenvalue weighted by molar-refractivity contribution is -0.136. The van der Waals surface area contributed by atoms with Crippen LogP contribution in [0.25, 0.3) is 0 Å².